The van der Waals surface area contributed by atoms with Crippen LogP contribution in [0.4, 0.5) is 26.3 Å². The van der Waals surface area contributed by atoms with E-state index < -0.39 is 24.3 Å². The Morgan fingerprint density at radius 2 is 1.66 bits per heavy atom. The summed E-state index contributed by atoms with van der Waals surface area (Å²) in [7, 11) is 1.78. The van der Waals surface area contributed by atoms with Crippen LogP contribution in [0.1, 0.15) is 18.5 Å². The van der Waals surface area contributed by atoms with Crippen LogP contribution in [0.25, 0.3) is 0 Å². The second-order valence-corrected chi connectivity index (χ2v) is 7.72. The van der Waals surface area contributed by atoms with Gasteiger partial charge in [-0.1, -0.05) is 0 Å². The van der Waals surface area contributed by atoms with E-state index in [-0.39, 0.29) is 5.54 Å². The first kappa shape index (κ1) is 30.6. The van der Waals surface area contributed by atoms with Crippen LogP contribution in [0, 0.1) is 0 Å². The molecule has 2 saturated heterocycles. The van der Waals surface area contributed by atoms with Gasteiger partial charge in [0, 0.05) is 57.3 Å². The Hall–Kier alpha value is -2.43. The molecule has 0 atom stereocenters. The lowest BCUT2D eigenvalue weighted by molar-refractivity contribution is -0.193. The molecule has 2 aliphatic heterocycles. The minimum absolute atomic E-state index is 0.223. The molecule has 35 heavy (non-hydrogen) atoms. The van der Waals surface area contributed by atoms with Gasteiger partial charge in [0.25, 0.3) is 0 Å². The lowest BCUT2D eigenvalue weighted by atomic mass is 9.85. The van der Waals surface area contributed by atoms with Crippen LogP contribution in [0.3, 0.4) is 0 Å². The highest BCUT2D eigenvalue weighted by Gasteiger charge is 2.42. The average Bonchev–Trinajstić information content (AvgIpc) is 3.27. The highest BCUT2D eigenvalue weighted by molar-refractivity contribution is 5.73. The molecule has 0 unspecified atom stereocenters. The Kier molecular flexibility index (Phi) is 11.9. The summed E-state index contributed by atoms with van der Waals surface area (Å²) < 4.78 is 74.5. The standard InChI is InChI=1S/C15H26N4O2.2C2HF3O2/c1-20-10-8-19-9-11-21-13-15(19)3-6-18(7-4-15)12-14-2-5-16-17-14;2*3-2(4,5)1(6)7/h2,5H,3-4,6-13H2,1H3,(H,16,17);2*(H,6,7). The number of halogens is 6. The number of carboxylic acids is 2. The topological polar surface area (TPSA) is 128 Å². The van der Waals surface area contributed by atoms with Gasteiger partial charge in [0.1, 0.15) is 0 Å². The van der Waals surface area contributed by atoms with Gasteiger partial charge in [0.2, 0.25) is 0 Å². The fourth-order valence-corrected chi connectivity index (χ4v) is 3.52. The average molecular weight is 522 g/mol. The van der Waals surface area contributed by atoms with Gasteiger partial charge >= 0.3 is 24.3 Å². The molecule has 0 bridgehead atoms. The maximum atomic E-state index is 10.6. The summed E-state index contributed by atoms with van der Waals surface area (Å²) in [5.41, 5.74) is 1.42. The second-order valence-electron chi connectivity index (χ2n) is 7.72. The van der Waals surface area contributed by atoms with Crippen molar-refractivity contribution in [1.29, 1.82) is 0 Å². The zero-order valence-electron chi connectivity index (χ0n) is 18.9. The number of methoxy groups -OCH3 is 1. The number of alkyl halides is 6. The number of aliphatic carboxylic acids is 2. The predicted octanol–water partition coefficient (Wildman–Crippen LogP) is 1.99. The number of rotatable bonds is 5. The number of aromatic nitrogens is 2. The van der Waals surface area contributed by atoms with E-state index in [1.165, 1.54) is 18.5 Å². The number of H-pyrrole nitrogens is 1. The predicted molar refractivity (Wildman–Crippen MR) is 107 cm³/mol. The fraction of sp³-hybridized carbons (Fsp3) is 0.737. The van der Waals surface area contributed by atoms with E-state index in [2.05, 4.69) is 26.1 Å². The van der Waals surface area contributed by atoms with Crippen molar-refractivity contribution in [3.8, 4) is 0 Å². The quantitative estimate of drug-likeness (QED) is 0.498. The molecule has 3 N–H and O–H groups in total. The van der Waals surface area contributed by atoms with Crippen LogP contribution in [0.2, 0.25) is 0 Å². The van der Waals surface area contributed by atoms with E-state index in [0.29, 0.717) is 0 Å². The zero-order chi connectivity index (χ0) is 26.7. The molecule has 2 fully saturated rings. The molecule has 0 radical (unpaired) electrons. The molecule has 16 heteroatoms. The molecule has 3 rings (SSSR count). The van der Waals surface area contributed by atoms with Gasteiger partial charge in [0.15, 0.2) is 0 Å². The van der Waals surface area contributed by atoms with Crippen molar-refractivity contribution in [2.45, 2.75) is 37.3 Å². The number of nitrogens with one attached hydrogen (secondary N) is 1. The number of aromatic amines is 1. The smallest absolute Gasteiger partial charge is 0.475 e. The molecule has 1 spiro atoms. The maximum Gasteiger partial charge on any atom is 0.490 e. The molecule has 10 nitrogen and oxygen atoms in total. The van der Waals surface area contributed by atoms with E-state index in [4.69, 9.17) is 29.3 Å². The molecule has 1 aromatic heterocycles. The fourth-order valence-electron chi connectivity index (χ4n) is 3.52. The van der Waals surface area contributed by atoms with E-state index >= 15 is 0 Å². The number of ether oxygens (including phenoxy) is 2. The monoisotopic (exact) mass is 522 g/mol. The summed E-state index contributed by atoms with van der Waals surface area (Å²) in [5, 5.41) is 21.3. The second kappa shape index (κ2) is 13.6. The number of morpholine rings is 1. The Morgan fingerprint density at radius 1 is 1.11 bits per heavy atom. The summed E-state index contributed by atoms with van der Waals surface area (Å²) in [4.78, 5) is 22.9. The minimum atomic E-state index is -5.08. The van der Waals surface area contributed by atoms with Gasteiger partial charge < -0.3 is 19.7 Å². The van der Waals surface area contributed by atoms with Crippen LogP contribution in [-0.2, 0) is 25.6 Å². The largest absolute Gasteiger partial charge is 0.490 e. The van der Waals surface area contributed by atoms with Gasteiger partial charge in [-0.3, -0.25) is 14.9 Å². The van der Waals surface area contributed by atoms with Gasteiger partial charge in [-0.2, -0.15) is 31.4 Å². The molecule has 1 aromatic rings. The molecule has 202 valence electrons. The molecule has 0 saturated carbocycles. The highest BCUT2D eigenvalue weighted by Crippen LogP contribution is 2.32. The first-order valence-electron chi connectivity index (χ1n) is 10.3. The number of hydrogen-bond acceptors (Lipinski definition) is 7. The summed E-state index contributed by atoms with van der Waals surface area (Å²) in [6.45, 7) is 7.77. The van der Waals surface area contributed by atoms with E-state index in [1.807, 2.05) is 6.20 Å². The molecular formula is C19H28F6N4O6. The summed E-state index contributed by atoms with van der Waals surface area (Å²) in [5.74, 6) is -5.51. The van der Waals surface area contributed by atoms with Crippen molar-refractivity contribution >= 4 is 11.9 Å². The maximum absolute atomic E-state index is 10.6. The van der Waals surface area contributed by atoms with Gasteiger partial charge in [-0.05, 0) is 18.9 Å². The number of carboxylic acid groups (broad SMARTS) is 2. The molecule has 0 aliphatic carbocycles. The third-order valence-electron chi connectivity index (χ3n) is 5.34. The molecule has 3 heterocycles. The van der Waals surface area contributed by atoms with Crippen molar-refractivity contribution in [3.63, 3.8) is 0 Å². The Bertz CT molecular complexity index is 743. The van der Waals surface area contributed by atoms with E-state index in [1.54, 1.807) is 7.11 Å². The Morgan fingerprint density at radius 3 is 2.09 bits per heavy atom. The van der Waals surface area contributed by atoms with E-state index in [0.717, 1.165) is 52.5 Å². The summed E-state index contributed by atoms with van der Waals surface area (Å²) in [6.07, 6.45) is -6.00. The number of hydrogen-bond donors (Lipinski definition) is 3. The van der Waals surface area contributed by atoms with Crippen LogP contribution in [0.15, 0.2) is 12.3 Å². The first-order valence-corrected chi connectivity index (χ1v) is 10.3. The van der Waals surface area contributed by atoms with Crippen LogP contribution < -0.4 is 0 Å². The lowest BCUT2D eigenvalue weighted by Crippen LogP contribution is -2.61. The van der Waals surface area contributed by atoms with Crippen molar-refractivity contribution in [1.82, 2.24) is 20.0 Å². The summed E-state index contributed by atoms with van der Waals surface area (Å²) in [6, 6.07) is 2.05. The normalized spacial score (nSPS) is 18.7. The number of carbonyl (C=O) groups is 2. The highest BCUT2D eigenvalue weighted by atomic mass is 19.4. The third-order valence-corrected chi connectivity index (χ3v) is 5.34. The summed E-state index contributed by atoms with van der Waals surface area (Å²) >= 11 is 0. The molecular weight excluding hydrogens is 494 g/mol. The van der Waals surface area contributed by atoms with Crippen molar-refractivity contribution < 1.29 is 55.6 Å². The van der Waals surface area contributed by atoms with Gasteiger partial charge in [0.05, 0.1) is 19.8 Å². The Balaban J connectivity index is 0.000000362. The van der Waals surface area contributed by atoms with E-state index in [9.17, 15) is 26.3 Å². The lowest BCUT2D eigenvalue weighted by Gasteiger charge is -2.51. The van der Waals surface area contributed by atoms with Gasteiger partial charge in [-0.15, -0.1) is 0 Å². The zero-order valence-corrected chi connectivity index (χ0v) is 18.9. The SMILES string of the molecule is COCCN1CCOCC12CCN(Cc1ccn[nH]1)CC2.O=C(O)C(F)(F)F.O=C(O)C(F)(F)F. The first-order chi connectivity index (χ1) is 16.2. The van der Waals surface area contributed by atoms with Crippen molar-refractivity contribution in [2.75, 3.05) is 53.1 Å². The number of likely N-dealkylation sites (tertiary alicyclic amines) is 1. The molecule has 0 aromatic carbocycles. The minimum Gasteiger partial charge on any atom is -0.475 e. The Labute approximate surface area is 196 Å². The van der Waals surface area contributed by atoms with Crippen molar-refractivity contribution in [3.05, 3.63) is 18.0 Å². The third kappa shape index (κ3) is 10.8. The van der Waals surface area contributed by atoms with Gasteiger partial charge in [-0.25, -0.2) is 9.59 Å². The van der Waals surface area contributed by atoms with Crippen LogP contribution in [-0.4, -0.2) is 113 Å². The molecule has 0 amide bonds. The molecule has 2 aliphatic rings. The van der Waals surface area contributed by atoms with Crippen LogP contribution >= 0.6 is 0 Å². The van der Waals surface area contributed by atoms with Crippen LogP contribution in [0.5, 0.6) is 0 Å². The van der Waals surface area contributed by atoms with Crippen molar-refractivity contribution in [2.24, 2.45) is 0 Å². The number of nitrogens with zero attached hydrogens (tertiary/aromatic N) is 3. The number of piperidine rings is 1.